The predicted octanol–water partition coefficient (Wildman–Crippen LogP) is 4.83. The minimum absolute atomic E-state index is 0.241. The first-order valence-electron chi connectivity index (χ1n) is 10.7. The van der Waals surface area contributed by atoms with E-state index in [9.17, 15) is 4.79 Å². The average Bonchev–Trinajstić information content (AvgIpc) is 3.31. The quantitative estimate of drug-likeness (QED) is 0.417. The van der Waals surface area contributed by atoms with E-state index in [-0.39, 0.29) is 5.91 Å². The SMILES string of the molecule is CC1=C(C(=O)Nc2ccccc2)C(c2cccc(OCc3ccc(Cl)cc3)c2)n2nnnc2N1. The van der Waals surface area contributed by atoms with E-state index in [0.717, 1.165) is 11.1 Å². The highest BCUT2D eigenvalue weighted by atomic mass is 35.5. The molecular formula is C25H21ClN6O2. The Morgan fingerprint density at radius 3 is 2.68 bits per heavy atom. The first-order valence-corrected chi connectivity index (χ1v) is 11.1. The molecule has 2 heterocycles. The predicted molar refractivity (Wildman–Crippen MR) is 130 cm³/mol. The zero-order chi connectivity index (χ0) is 23.5. The van der Waals surface area contributed by atoms with Gasteiger partial charge < -0.3 is 15.4 Å². The molecule has 9 heteroatoms. The Labute approximate surface area is 201 Å². The number of allylic oxidation sites excluding steroid dienone is 1. The number of aromatic nitrogens is 4. The van der Waals surface area contributed by atoms with Crippen LogP contribution < -0.4 is 15.4 Å². The fraction of sp³-hybridized carbons (Fsp3) is 0.120. The van der Waals surface area contributed by atoms with E-state index in [2.05, 4.69) is 26.2 Å². The van der Waals surface area contributed by atoms with Crippen molar-refractivity contribution in [1.29, 1.82) is 0 Å². The van der Waals surface area contributed by atoms with Gasteiger partial charge in [0.25, 0.3) is 5.91 Å². The van der Waals surface area contributed by atoms with E-state index >= 15 is 0 Å². The number of hydrogen-bond acceptors (Lipinski definition) is 6. The van der Waals surface area contributed by atoms with Gasteiger partial charge in [0.2, 0.25) is 5.95 Å². The van der Waals surface area contributed by atoms with Gasteiger partial charge in [0, 0.05) is 16.4 Å². The van der Waals surface area contributed by atoms with Crippen LogP contribution in [0.3, 0.4) is 0 Å². The van der Waals surface area contributed by atoms with Crippen molar-refractivity contribution in [2.75, 3.05) is 10.6 Å². The molecule has 0 aliphatic carbocycles. The zero-order valence-electron chi connectivity index (χ0n) is 18.3. The molecule has 0 saturated carbocycles. The van der Waals surface area contributed by atoms with Crippen LogP contribution in [0.2, 0.25) is 5.02 Å². The van der Waals surface area contributed by atoms with E-state index in [1.165, 1.54) is 0 Å². The number of halogens is 1. The number of nitrogens with one attached hydrogen (secondary N) is 2. The number of anilines is 2. The van der Waals surface area contributed by atoms with E-state index in [0.29, 0.717) is 40.3 Å². The Balaban J connectivity index is 1.45. The smallest absolute Gasteiger partial charge is 0.255 e. The second kappa shape index (κ2) is 9.36. The number of fused-ring (bicyclic) bond motifs is 1. The molecule has 34 heavy (non-hydrogen) atoms. The fourth-order valence-corrected chi connectivity index (χ4v) is 3.98. The molecule has 0 bridgehead atoms. The zero-order valence-corrected chi connectivity index (χ0v) is 19.0. The van der Waals surface area contributed by atoms with Crippen molar-refractivity contribution < 1.29 is 9.53 Å². The van der Waals surface area contributed by atoms with Crippen LogP contribution in [0.25, 0.3) is 0 Å². The van der Waals surface area contributed by atoms with Crippen LogP contribution in [0.5, 0.6) is 5.75 Å². The van der Waals surface area contributed by atoms with Crippen molar-refractivity contribution in [2.24, 2.45) is 0 Å². The summed E-state index contributed by atoms with van der Waals surface area (Å²) in [6.07, 6.45) is 0. The maximum Gasteiger partial charge on any atom is 0.255 e. The molecule has 1 aromatic heterocycles. The van der Waals surface area contributed by atoms with Gasteiger partial charge in [-0.15, -0.1) is 0 Å². The molecule has 5 rings (SSSR count). The van der Waals surface area contributed by atoms with Gasteiger partial charge in [0.15, 0.2) is 0 Å². The largest absolute Gasteiger partial charge is 0.489 e. The van der Waals surface area contributed by atoms with Crippen LogP contribution in [-0.4, -0.2) is 26.1 Å². The number of rotatable bonds is 6. The number of para-hydroxylation sites is 1. The monoisotopic (exact) mass is 472 g/mol. The molecule has 3 aromatic carbocycles. The van der Waals surface area contributed by atoms with Crippen LogP contribution in [0.4, 0.5) is 11.6 Å². The van der Waals surface area contributed by atoms with Crippen LogP contribution >= 0.6 is 11.6 Å². The molecule has 0 spiro atoms. The van der Waals surface area contributed by atoms with Gasteiger partial charge in [0.1, 0.15) is 18.4 Å². The Morgan fingerprint density at radius 2 is 1.88 bits per heavy atom. The van der Waals surface area contributed by atoms with Gasteiger partial charge in [-0.3, -0.25) is 4.79 Å². The number of benzene rings is 3. The molecule has 1 unspecified atom stereocenters. The summed E-state index contributed by atoms with van der Waals surface area (Å²) in [7, 11) is 0. The Hall–Kier alpha value is -4.17. The standard InChI is InChI=1S/C25H21ClN6O2/c1-16-22(24(33)28-20-7-3-2-4-8-20)23(32-25(27-16)29-30-31-32)18-6-5-9-21(14-18)34-15-17-10-12-19(26)13-11-17/h2-14,23H,15H2,1H3,(H,28,33)(H,27,29,31). The number of hydrogen-bond donors (Lipinski definition) is 2. The maximum atomic E-state index is 13.4. The van der Waals surface area contributed by atoms with Gasteiger partial charge in [-0.05, 0) is 64.9 Å². The third-order valence-electron chi connectivity index (χ3n) is 5.48. The van der Waals surface area contributed by atoms with Gasteiger partial charge in [0.05, 0.1) is 5.57 Å². The minimum atomic E-state index is -0.533. The lowest BCUT2D eigenvalue weighted by Gasteiger charge is -2.28. The van der Waals surface area contributed by atoms with Crippen molar-refractivity contribution in [3.05, 3.63) is 106 Å². The maximum absolute atomic E-state index is 13.4. The summed E-state index contributed by atoms with van der Waals surface area (Å²) in [5.74, 6) is 0.891. The molecule has 0 fully saturated rings. The second-order valence-corrected chi connectivity index (χ2v) is 8.26. The topological polar surface area (TPSA) is 94.0 Å². The molecule has 1 aliphatic rings. The highest BCUT2D eigenvalue weighted by Gasteiger charge is 2.34. The Morgan fingerprint density at radius 1 is 1.09 bits per heavy atom. The summed E-state index contributed by atoms with van der Waals surface area (Å²) in [5, 5.41) is 18.8. The third kappa shape index (κ3) is 4.49. The molecule has 0 radical (unpaired) electrons. The van der Waals surface area contributed by atoms with Crippen LogP contribution in [0.15, 0.2) is 90.1 Å². The lowest BCUT2D eigenvalue weighted by Crippen LogP contribution is -2.31. The molecule has 2 N–H and O–H groups in total. The van der Waals surface area contributed by atoms with E-state index in [4.69, 9.17) is 16.3 Å². The molecule has 1 atom stereocenters. The second-order valence-electron chi connectivity index (χ2n) is 7.82. The first kappa shape index (κ1) is 21.7. The number of carbonyl (C=O) groups is 1. The van der Waals surface area contributed by atoms with Crippen molar-refractivity contribution in [1.82, 2.24) is 20.2 Å². The highest BCUT2D eigenvalue weighted by molar-refractivity contribution is 6.30. The van der Waals surface area contributed by atoms with Crippen molar-refractivity contribution in [2.45, 2.75) is 19.6 Å². The number of carbonyl (C=O) groups excluding carboxylic acids is 1. The number of nitrogens with zero attached hydrogens (tertiary/aromatic N) is 4. The molecule has 4 aromatic rings. The Kier molecular flexibility index (Phi) is 5.97. The summed E-state index contributed by atoms with van der Waals surface area (Å²) in [6.45, 7) is 2.23. The lowest BCUT2D eigenvalue weighted by atomic mass is 9.95. The number of amides is 1. The van der Waals surface area contributed by atoms with E-state index in [1.54, 1.807) is 4.68 Å². The third-order valence-corrected chi connectivity index (χ3v) is 5.73. The van der Waals surface area contributed by atoms with Crippen LogP contribution in [0, 0.1) is 0 Å². The normalized spacial score (nSPS) is 14.8. The van der Waals surface area contributed by atoms with Gasteiger partial charge in [-0.1, -0.05) is 59.2 Å². The summed E-state index contributed by atoms with van der Waals surface area (Å²) in [6, 6.07) is 23.9. The summed E-state index contributed by atoms with van der Waals surface area (Å²) >= 11 is 5.97. The molecular weight excluding hydrogens is 452 g/mol. The lowest BCUT2D eigenvalue weighted by molar-refractivity contribution is -0.113. The summed E-state index contributed by atoms with van der Waals surface area (Å²) < 4.78 is 7.62. The van der Waals surface area contributed by atoms with E-state index in [1.807, 2.05) is 85.8 Å². The summed E-state index contributed by atoms with van der Waals surface area (Å²) in [5.41, 5.74) is 3.71. The van der Waals surface area contributed by atoms with Gasteiger partial charge >= 0.3 is 0 Å². The minimum Gasteiger partial charge on any atom is -0.489 e. The summed E-state index contributed by atoms with van der Waals surface area (Å²) in [4.78, 5) is 13.4. The average molecular weight is 473 g/mol. The fourth-order valence-electron chi connectivity index (χ4n) is 3.86. The van der Waals surface area contributed by atoms with Crippen LogP contribution in [-0.2, 0) is 11.4 Å². The molecule has 1 amide bonds. The molecule has 8 nitrogen and oxygen atoms in total. The van der Waals surface area contributed by atoms with Crippen LogP contribution in [0.1, 0.15) is 24.1 Å². The van der Waals surface area contributed by atoms with Crippen molar-refractivity contribution >= 4 is 29.1 Å². The van der Waals surface area contributed by atoms with Crippen molar-refractivity contribution in [3.63, 3.8) is 0 Å². The molecule has 0 saturated heterocycles. The van der Waals surface area contributed by atoms with Crippen molar-refractivity contribution in [3.8, 4) is 5.75 Å². The number of tetrazole rings is 1. The Bertz CT molecular complexity index is 1350. The van der Waals surface area contributed by atoms with Gasteiger partial charge in [-0.25, -0.2) is 0 Å². The highest BCUT2D eigenvalue weighted by Crippen LogP contribution is 2.36. The number of ether oxygens (including phenoxy) is 1. The molecule has 170 valence electrons. The first-order chi connectivity index (χ1) is 16.6. The van der Waals surface area contributed by atoms with Gasteiger partial charge in [-0.2, -0.15) is 4.68 Å². The molecule has 1 aliphatic heterocycles. The van der Waals surface area contributed by atoms with E-state index < -0.39 is 6.04 Å².